The van der Waals surface area contributed by atoms with Crippen LogP contribution in [0.1, 0.15) is 23.2 Å². The van der Waals surface area contributed by atoms with E-state index in [0.29, 0.717) is 5.89 Å². The number of fused-ring (bicyclic) bond motifs is 1. The van der Waals surface area contributed by atoms with Gasteiger partial charge in [-0.05, 0) is 19.1 Å². The van der Waals surface area contributed by atoms with E-state index in [4.69, 9.17) is 4.42 Å². The van der Waals surface area contributed by atoms with Gasteiger partial charge in [-0.15, -0.1) is 0 Å². The van der Waals surface area contributed by atoms with Crippen LogP contribution in [0.4, 0.5) is 5.69 Å². The zero-order valence-corrected chi connectivity index (χ0v) is 10.6. The van der Waals surface area contributed by atoms with Crippen LogP contribution >= 0.6 is 0 Å². The highest BCUT2D eigenvalue weighted by Crippen LogP contribution is 2.34. The molecule has 0 bridgehead atoms. The summed E-state index contributed by atoms with van der Waals surface area (Å²) in [5.41, 5.74) is 2.69. The second-order valence-corrected chi connectivity index (χ2v) is 4.63. The molecule has 0 N–H and O–H groups in total. The van der Waals surface area contributed by atoms with Gasteiger partial charge in [0.1, 0.15) is 0 Å². The first kappa shape index (κ1) is 11.0. The Labute approximate surface area is 105 Å². The van der Waals surface area contributed by atoms with Crippen LogP contribution in [-0.4, -0.2) is 23.9 Å². The standard InChI is InChI=1S/C14H14N2O2/c1-8-14(17)11-5-4-10(6-12(11)16(8)3)13-7-15-9(2)18-13/h4-8H,1-3H3. The Hall–Kier alpha value is -2.10. The van der Waals surface area contributed by atoms with Gasteiger partial charge >= 0.3 is 0 Å². The van der Waals surface area contributed by atoms with Crippen molar-refractivity contribution in [3.05, 3.63) is 35.9 Å². The highest BCUT2D eigenvalue weighted by Gasteiger charge is 2.31. The van der Waals surface area contributed by atoms with E-state index >= 15 is 0 Å². The Morgan fingerprint density at radius 3 is 2.83 bits per heavy atom. The normalized spacial score (nSPS) is 18.3. The molecule has 0 saturated heterocycles. The van der Waals surface area contributed by atoms with Crippen molar-refractivity contribution in [1.29, 1.82) is 0 Å². The molecule has 1 aromatic heterocycles. The number of likely N-dealkylation sites (N-methyl/N-ethyl adjacent to an activating group) is 1. The Kier molecular flexibility index (Phi) is 2.26. The quantitative estimate of drug-likeness (QED) is 0.771. The van der Waals surface area contributed by atoms with E-state index in [9.17, 15) is 4.79 Å². The number of benzene rings is 1. The molecular weight excluding hydrogens is 228 g/mol. The van der Waals surface area contributed by atoms with E-state index < -0.39 is 0 Å². The summed E-state index contributed by atoms with van der Waals surface area (Å²) in [6.07, 6.45) is 1.71. The van der Waals surface area contributed by atoms with Gasteiger partial charge < -0.3 is 9.32 Å². The van der Waals surface area contributed by atoms with Crippen molar-refractivity contribution < 1.29 is 9.21 Å². The molecule has 1 aromatic carbocycles. The summed E-state index contributed by atoms with van der Waals surface area (Å²) in [7, 11) is 1.93. The average Bonchev–Trinajstić information content (AvgIpc) is 2.89. The average molecular weight is 242 g/mol. The first-order chi connectivity index (χ1) is 8.58. The number of rotatable bonds is 1. The lowest BCUT2D eigenvalue weighted by molar-refractivity contribution is 0.0978. The maximum absolute atomic E-state index is 12.0. The molecule has 92 valence electrons. The Balaban J connectivity index is 2.10. The zero-order chi connectivity index (χ0) is 12.9. The van der Waals surface area contributed by atoms with E-state index in [1.807, 2.05) is 44.0 Å². The number of Topliss-reactive ketones (excluding diaryl/α,β-unsaturated/α-hetero) is 1. The Morgan fingerprint density at radius 2 is 2.17 bits per heavy atom. The summed E-state index contributed by atoms with van der Waals surface area (Å²) >= 11 is 0. The number of aromatic nitrogens is 1. The predicted octanol–water partition coefficient (Wildman–Crippen LogP) is 2.67. The minimum absolute atomic E-state index is 0.0910. The van der Waals surface area contributed by atoms with Crippen LogP contribution in [-0.2, 0) is 0 Å². The molecule has 0 aliphatic carbocycles. The molecular formula is C14H14N2O2. The molecule has 2 aromatic rings. The molecule has 0 amide bonds. The van der Waals surface area contributed by atoms with E-state index in [1.54, 1.807) is 6.20 Å². The zero-order valence-electron chi connectivity index (χ0n) is 10.6. The third kappa shape index (κ3) is 1.45. The van der Waals surface area contributed by atoms with Gasteiger partial charge in [-0.3, -0.25) is 4.79 Å². The van der Waals surface area contributed by atoms with Gasteiger partial charge in [0.15, 0.2) is 17.4 Å². The van der Waals surface area contributed by atoms with Gasteiger partial charge in [-0.2, -0.15) is 0 Å². The summed E-state index contributed by atoms with van der Waals surface area (Å²) in [5.74, 6) is 1.55. The minimum Gasteiger partial charge on any atom is -0.441 e. The lowest BCUT2D eigenvalue weighted by atomic mass is 10.1. The first-order valence-corrected chi connectivity index (χ1v) is 5.92. The van der Waals surface area contributed by atoms with Crippen molar-refractivity contribution >= 4 is 11.5 Å². The van der Waals surface area contributed by atoms with E-state index in [1.165, 1.54) is 0 Å². The van der Waals surface area contributed by atoms with Crippen molar-refractivity contribution in [2.75, 3.05) is 11.9 Å². The Bertz CT molecular complexity index is 630. The van der Waals surface area contributed by atoms with Crippen LogP contribution in [0, 0.1) is 6.92 Å². The number of anilines is 1. The third-order valence-corrected chi connectivity index (χ3v) is 3.51. The number of hydrogen-bond acceptors (Lipinski definition) is 4. The highest BCUT2D eigenvalue weighted by molar-refractivity contribution is 6.11. The number of hydrogen-bond donors (Lipinski definition) is 0. The number of carbonyl (C=O) groups excluding carboxylic acids is 1. The number of aryl methyl sites for hydroxylation is 1. The van der Waals surface area contributed by atoms with Gasteiger partial charge in [-0.1, -0.05) is 6.07 Å². The molecule has 1 unspecified atom stereocenters. The summed E-state index contributed by atoms with van der Waals surface area (Å²) in [6.45, 7) is 3.73. The monoisotopic (exact) mass is 242 g/mol. The van der Waals surface area contributed by atoms with Crippen LogP contribution in [0.2, 0.25) is 0 Å². The molecule has 0 radical (unpaired) electrons. The second kappa shape index (κ2) is 3.70. The number of ketones is 1. The van der Waals surface area contributed by atoms with Gasteiger partial charge in [0.2, 0.25) is 0 Å². The largest absolute Gasteiger partial charge is 0.441 e. The fraction of sp³-hybridized carbons (Fsp3) is 0.286. The molecule has 2 heterocycles. The molecule has 0 spiro atoms. The molecule has 4 nitrogen and oxygen atoms in total. The lowest BCUT2D eigenvalue weighted by Crippen LogP contribution is -2.28. The first-order valence-electron chi connectivity index (χ1n) is 5.92. The van der Waals surface area contributed by atoms with Gasteiger partial charge in [0.25, 0.3) is 0 Å². The predicted molar refractivity (Wildman–Crippen MR) is 68.9 cm³/mol. The molecule has 1 aliphatic rings. The van der Waals surface area contributed by atoms with E-state index in [2.05, 4.69) is 4.98 Å². The topological polar surface area (TPSA) is 46.3 Å². The molecule has 4 heteroatoms. The van der Waals surface area contributed by atoms with Crippen molar-refractivity contribution in [2.24, 2.45) is 0 Å². The summed E-state index contributed by atoms with van der Waals surface area (Å²) in [6, 6.07) is 5.66. The third-order valence-electron chi connectivity index (χ3n) is 3.51. The van der Waals surface area contributed by atoms with Gasteiger partial charge in [-0.25, -0.2) is 4.98 Å². The molecule has 3 rings (SSSR count). The van der Waals surface area contributed by atoms with Crippen LogP contribution in [0.25, 0.3) is 11.3 Å². The second-order valence-electron chi connectivity index (χ2n) is 4.63. The smallest absolute Gasteiger partial charge is 0.191 e. The van der Waals surface area contributed by atoms with Crippen LogP contribution in [0.5, 0.6) is 0 Å². The van der Waals surface area contributed by atoms with Crippen molar-refractivity contribution in [1.82, 2.24) is 4.98 Å². The fourth-order valence-electron chi connectivity index (χ4n) is 2.29. The molecule has 0 saturated carbocycles. The maximum atomic E-state index is 12.0. The SMILES string of the molecule is Cc1ncc(-c2ccc3c(c2)N(C)C(C)C3=O)o1. The van der Waals surface area contributed by atoms with E-state index in [-0.39, 0.29) is 11.8 Å². The van der Waals surface area contributed by atoms with Crippen LogP contribution in [0.3, 0.4) is 0 Å². The molecule has 1 aliphatic heterocycles. The minimum atomic E-state index is -0.0910. The van der Waals surface area contributed by atoms with Crippen molar-refractivity contribution in [2.45, 2.75) is 19.9 Å². The van der Waals surface area contributed by atoms with Gasteiger partial charge in [0, 0.05) is 30.8 Å². The summed E-state index contributed by atoms with van der Waals surface area (Å²) < 4.78 is 5.50. The highest BCUT2D eigenvalue weighted by atomic mass is 16.4. The molecule has 18 heavy (non-hydrogen) atoms. The van der Waals surface area contributed by atoms with Crippen molar-refractivity contribution in [3.8, 4) is 11.3 Å². The van der Waals surface area contributed by atoms with E-state index in [0.717, 1.165) is 22.6 Å². The van der Waals surface area contributed by atoms with Crippen molar-refractivity contribution in [3.63, 3.8) is 0 Å². The number of carbonyl (C=O) groups is 1. The lowest BCUT2D eigenvalue weighted by Gasteiger charge is -2.17. The maximum Gasteiger partial charge on any atom is 0.191 e. The van der Waals surface area contributed by atoms with Crippen LogP contribution < -0.4 is 4.90 Å². The van der Waals surface area contributed by atoms with Crippen LogP contribution in [0.15, 0.2) is 28.8 Å². The Morgan fingerprint density at radius 1 is 1.39 bits per heavy atom. The summed E-state index contributed by atoms with van der Waals surface area (Å²) in [5, 5.41) is 0. The fourth-order valence-corrected chi connectivity index (χ4v) is 2.29. The molecule has 0 fully saturated rings. The van der Waals surface area contributed by atoms with Gasteiger partial charge in [0.05, 0.1) is 12.2 Å². The molecule has 1 atom stereocenters. The summed E-state index contributed by atoms with van der Waals surface area (Å²) in [4.78, 5) is 18.1. The number of nitrogens with zero attached hydrogens (tertiary/aromatic N) is 2. The number of oxazole rings is 1.